The quantitative estimate of drug-likeness (QED) is 0.469. The lowest BCUT2D eigenvalue weighted by atomic mass is 9.92. The Kier molecular flexibility index (Phi) is 8.18. The van der Waals surface area contributed by atoms with Crippen LogP contribution < -0.4 is 10.6 Å². The molecule has 8 nitrogen and oxygen atoms in total. The van der Waals surface area contributed by atoms with Crippen LogP contribution in [0.15, 0.2) is 24.3 Å². The average Bonchev–Trinajstić information content (AvgIpc) is 3.10. The first kappa shape index (κ1) is 26.9. The zero-order chi connectivity index (χ0) is 25.8. The number of aromatic nitrogens is 2. The highest BCUT2D eigenvalue weighted by Gasteiger charge is 2.32. The molecule has 2 amide bonds. The normalized spacial score (nSPS) is 12.7. The van der Waals surface area contributed by atoms with E-state index in [4.69, 9.17) is 4.74 Å². The Morgan fingerprint density at radius 2 is 1.62 bits per heavy atom. The van der Waals surface area contributed by atoms with Gasteiger partial charge in [0, 0.05) is 17.5 Å². The van der Waals surface area contributed by atoms with E-state index in [1.54, 1.807) is 17.7 Å². The lowest BCUT2D eigenvalue weighted by Gasteiger charge is -2.24. The summed E-state index contributed by atoms with van der Waals surface area (Å²) >= 11 is 0. The Hall–Kier alpha value is -3.30. The molecule has 1 aromatic carbocycles. The van der Waals surface area contributed by atoms with Crippen LogP contribution in [-0.2, 0) is 36.5 Å². The summed E-state index contributed by atoms with van der Waals surface area (Å²) in [4.78, 5) is 38.1. The molecule has 2 N–H and O–H groups in total. The van der Waals surface area contributed by atoms with Crippen molar-refractivity contribution in [1.82, 2.24) is 15.1 Å². The summed E-state index contributed by atoms with van der Waals surface area (Å²) in [7, 11) is 0. The monoisotopic (exact) mass is 478 g/mol. The van der Waals surface area contributed by atoms with Crippen LogP contribution in [0.4, 0.5) is 14.6 Å². The second kappa shape index (κ2) is 10.3. The summed E-state index contributed by atoms with van der Waals surface area (Å²) in [6.07, 6.45) is -0.439. The Balaban J connectivity index is 2.29. The lowest BCUT2D eigenvalue weighted by molar-refractivity contribution is -0.150. The first-order valence-corrected chi connectivity index (χ1v) is 10.9. The van der Waals surface area contributed by atoms with Crippen molar-refractivity contribution in [2.24, 2.45) is 0 Å². The number of halogens is 2. The first-order valence-electron chi connectivity index (χ1n) is 10.9. The topological polar surface area (TPSA) is 102 Å². The van der Waals surface area contributed by atoms with Crippen molar-refractivity contribution in [3.63, 3.8) is 0 Å². The third kappa shape index (κ3) is 7.10. The van der Waals surface area contributed by atoms with Crippen molar-refractivity contribution in [2.75, 3.05) is 11.9 Å². The van der Waals surface area contributed by atoms with E-state index in [9.17, 15) is 23.2 Å². The van der Waals surface area contributed by atoms with E-state index in [0.29, 0.717) is 11.9 Å². The molecular formula is C24H32F2N4O4. The third-order valence-corrected chi connectivity index (χ3v) is 4.74. The molecule has 2 aromatic rings. The smallest absolute Gasteiger partial charge is 0.338 e. The van der Waals surface area contributed by atoms with Gasteiger partial charge >= 0.3 is 5.97 Å². The molecule has 0 saturated heterocycles. The number of hydrogen-bond donors (Lipinski definition) is 2. The van der Waals surface area contributed by atoms with Crippen molar-refractivity contribution in [1.29, 1.82) is 0 Å². The number of benzene rings is 1. The molecule has 0 aliphatic rings. The van der Waals surface area contributed by atoms with Crippen molar-refractivity contribution < 1.29 is 27.9 Å². The number of amides is 2. The van der Waals surface area contributed by atoms with Crippen LogP contribution in [0.25, 0.3) is 0 Å². The van der Waals surface area contributed by atoms with Crippen molar-refractivity contribution in [3.05, 3.63) is 47.2 Å². The highest BCUT2D eigenvalue weighted by atomic mass is 19.1. The Labute approximate surface area is 198 Å². The molecule has 1 atom stereocenters. The minimum atomic E-state index is -1.67. The average molecular weight is 479 g/mol. The molecule has 0 fully saturated rings. The highest BCUT2D eigenvalue weighted by Crippen LogP contribution is 2.28. The molecule has 0 bridgehead atoms. The second-order valence-corrected chi connectivity index (χ2v) is 9.94. The van der Waals surface area contributed by atoms with Crippen LogP contribution in [0.3, 0.4) is 0 Å². The van der Waals surface area contributed by atoms with E-state index in [1.807, 2.05) is 41.5 Å². The number of nitrogens with one attached hydrogen (secondary N) is 2. The molecular weight excluding hydrogens is 446 g/mol. The van der Waals surface area contributed by atoms with Crippen LogP contribution in [0, 0.1) is 11.6 Å². The number of hydrogen-bond acceptors (Lipinski definition) is 5. The highest BCUT2D eigenvalue weighted by molar-refractivity contribution is 6.10. The van der Waals surface area contributed by atoms with E-state index in [1.165, 1.54) is 0 Å². The largest absolute Gasteiger partial charge is 0.464 e. The number of rotatable bonds is 7. The van der Waals surface area contributed by atoms with Gasteiger partial charge in [-0.3, -0.25) is 9.59 Å². The van der Waals surface area contributed by atoms with Crippen molar-refractivity contribution in [3.8, 4) is 0 Å². The number of nitrogens with zero attached hydrogens (tertiary/aromatic N) is 2. The Morgan fingerprint density at radius 1 is 1.03 bits per heavy atom. The van der Waals surface area contributed by atoms with E-state index >= 15 is 0 Å². The summed E-state index contributed by atoms with van der Waals surface area (Å²) in [6, 6.07) is 2.71. The van der Waals surface area contributed by atoms with Gasteiger partial charge in [0.25, 0.3) is 5.91 Å². The van der Waals surface area contributed by atoms with Gasteiger partial charge < -0.3 is 15.4 Å². The molecule has 0 radical (unpaired) electrons. The van der Waals surface area contributed by atoms with E-state index in [0.717, 1.165) is 17.8 Å². The third-order valence-electron chi connectivity index (χ3n) is 4.74. The van der Waals surface area contributed by atoms with Crippen LogP contribution in [0.1, 0.15) is 59.7 Å². The second-order valence-electron chi connectivity index (χ2n) is 9.94. The van der Waals surface area contributed by atoms with Gasteiger partial charge in [0.2, 0.25) is 11.9 Å². The lowest BCUT2D eigenvalue weighted by Crippen LogP contribution is -2.50. The predicted molar refractivity (Wildman–Crippen MR) is 123 cm³/mol. The number of anilines is 1. The maximum Gasteiger partial charge on any atom is 0.338 e. The van der Waals surface area contributed by atoms with Gasteiger partial charge in [-0.25, -0.2) is 18.3 Å². The van der Waals surface area contributed by atoms with Gasteiger partial charge in [-0.05, 0) is 45.4 Å². The first-order chi connectivity index (χ1) is 15.6. The van der Waals surface area contributed by atoms with E-state index in [2.05, 4.69) is 15.7 Å². The van der Waals surface area contributed by atoms with E-state index in [-0.39, 0.29) is 17.6 Å². The fourth-order valence-electron chi connectivity index (χ4n) is 3.11. The Morgan fingerprint density at radius 3 is 2.12 bits per heavy atom. The summed E-state index contributed by atoms with van der Waals surface area (Å²) in [5.74, 6) is -3.91. The number of carbonyl (C=O) groups excluding carboxylic acids is 3. The molecule has 1 aromatic heterocycles. The fourth-order valence-corrected chi connectivity index (χ4v) is 3.11. The van der Waals surface area contributed by atoms with Crippen LogP contribution >= 0.6 is 0 Å². The molecule has 1 heterocycles. The van der Waals surface area contributed by atoms with Crippen molar-refractivity contribution >= 4 is 23.6 Å². The summed E-state index contributed by atoms with van der Waals surface area (Å²) < 4.78 is 33.5. The molecule has 2 rings (SSSR count). The molecule has 186 valence electrons. The molecule has 1 unspecified atom stereocenters. The minimum Gasteiger partial charge on any atom is -0.464 e. The van der Waals surface area contributed by atoms with Crippen LogP contribution in [0.5, 0.6) is 0 Å². The van der Waals surface area contributed by atoms with Gasteiger partial charge in [0.15, 0.2) is 0 Å². The summed E-state index contributed by atoms with van der Waals surface area (Å²) in [5.41, 5.74) is -0.0116. The van der Waals surface area contributed by atoms with Crippen LogP contribution in [0.2, 0.25) is 0 Å². The SMILES string of the molecule is CCOC(=O)C(NC(=O)Cc1cc(F)cc(F)c1)C(=O)Nc1cc(C(C)(C)C)nn1C(C)(C)C. The fraction of sp³-hybridized carbons (Fsp3) is 0.500. The molecule has 0 aliphatic heterocycles. The standard InChI is InChI=1S/C24H32F2N4O4/c1-8-34-22(33)20(28-19(31)11-14-9-15(25)12-16(26)10-14)21(32)27-18-13-17(23(2,3)4)29-30(18)24(5,6)7/h9-10,12-13,20H,8,11H2,1-7H3,(H,27,32)(H,28,31). The summed E-state index contributed by atoms with van der Waals surface area (Å²) in [6.45, 7) is 13.2. The molecule has 0 spiro atoms. The molecule has 34 heavy (non-hydrogen) atoms. The Bertz CT molecular complexity index is 1050. The zero-order valence-electron chi connectivity index (χ0n) is 20.6. The number of esters is 1. The molecule has 10 heteroatoms. The minimum absolute atomic E-state index is 0.0122. The number of ether oxygens (including phenoxy) is 1. The van der Waals surface area contributed by atoms with E-state index < -0.39 is 47.4 Å². The maximum absolute atomic E-state index is 13.4. The zero-order valence-corrected chi connectivity index (χ0v) is 20.6. The van der Waals surface area contributed by atoms with Crippen molar-refractivity contribution in [2.45, 2.75) is 71.9 Å². The van der Waals surface area contributed by atoms with Gasteiger partial charge in [-0.1, -0.05) is 20.8 Å². The number of carbonyl (C=O) groups is 3. The van der Waals surface area contributed by atoms with Crippen LogP contribution in [-0.4, -0.2) is 40.2 Å². The maximum atomic E-state index is 13.4. The van der Waals surface area contributed by atoms with Gasteiger partial charge in [-0.15, -0.1) is 0 Å². The van der Waals surface area contributed by atoms with Gasteiger partial charge in [0.05, 0.1) is 24.3 Å². The van der Waals surface area contributed by atoms with Gasteiger partial charge in [0.1, 0.15) is 17.5 Å². The summed E-state index contributed by atoms with van der Waals surface area (Å²) in [5, 5.41) is 9.57. The van der Waals surface area contributed by atoms with Gasteiger partial charge in [-0.2, -0.15) is 5.10 Å². The predicted octanol–water partition coefficient (Wildman–Crippen LogP) is 3.44. The molecule has 0 aliphatic carbocycles. The molecule has 0 saturated carbocycles.